The summed E-state index contributed by atoms with van der Waals surface area (Å²) < 4.78 is 41.3. The van der Waals surface area contributed by atoms with E-state index in [1.165, 1.54) is 31.4 Å². The third kappa shape index (κ3) is 3.73. The Morgan fingerprint density at radius 3 is 2.17 bits per heavy atom. The summed E-state index contributed by atoms with van der Waals surface area (Å²) in [5.74, 6) is -0.586. The standard InChI is InChI=1S/C12H13F3O3/c1-11(17,7-12(13,14)15)9-5-3-8(4-6-9)10(16)18-2/h3-6,17H,7H2,1-2H3. The van der Waals surface area contributed by atoms with Gasteiger partial charge in [-0.25, -0.2) is 4.79 Å². The predicted octanol–water partition coefficient (Wildman–Crippen LogP) is 2.63. The van der Waals surface area contributed by atoms with E-state index in [1.54, 1.807) is 0 Å². The number of alkyl halides is 3. The second kappa shape index (κ2) is 4.97. The van der Waals surface area contributed by atoms with Crippen molar-refractivity contribution >= 4 is 5.97 Å². The summed E-state index contributed by atoms with van der Waals surface area (Å²) in [6.45, 7) is 1.08. The van der Waals surface area contributed by atoms with E-state index >= 15 is 0 Å². The fourth-order valence-electron chi connectivity index (χ4n) is 1.58. The van der Waals surface area contributed by atoms with Gasteiger partial charge in [-0.2, -0.15) is 13.2 Å². The van der Waals surface area contributed by atoms with Crippen molar-refractivity contribution in [2.75, 3.05) is 7.11 Å². The number of hydrogen-bond donors (Lipinski definition) is 1. The van der Waals surface area contributed by atoms with Gasteiger partial charge in [-0.05, 0) is 24.6 Å². The average Bonchev–Trinajstić information content (AvgIpc) is 2.25. The fourth-order valence-corrected chi connectivity index (χ4v) is 1.58. The molecule has 1 atom stereocenters. The maximum Gasteiger partial charge on any atom is 0.392 e. The van der Waals surface area contributed by atoms with E-state index in [-0.39, 0.29) is 11.1 Å². The van der Waals surface area contributed by atoms with Crippen LogP contribution in [0.4, 0.5) is 13.2 Å². The topological polar surface area (TPSA) is 46.5 Å². The van der Waals surface area contributed by atoms with Crippen LogP contribution in [-0.2, 0) is 10.3 Å². The van der Waals surface area contributed by atoms with Gasteiger partial charge in [-0.15, -0.1) is 0 Å². The van der Waals surface area contributed by atoms with Crippen LogP contribution in [0.5, 0.6) is 0 Å². The van der Waals surface area contributed by atoms with Gasteiger partial charge in [0, 0.05) is 0 Å². The van der Waals surface area contributed by atoms with Crippen molar-refractivity contribution in [1.82, 2.24) is 0 Å². The van der Waals surface area contributed by atoms with E-state index in [4.69, 9.17) is 0 Å². The molecule has 6 heteroatoms. The molecule has 100 valence electrons. The fraction of sp³-hybridized carbons (Fsp3) is 0.417. The maximum absolute atomic E-state index is 12.3. The molecule has 0 saturated carbocycles. The van der Waals surface area contributed by atoms with Crippen molar-refractivity contribution in [1.29, 1.82) is 0 Å². The van der Waals surface area contributed by atoms with Crippen molar-refractivity contribution < 1.29 is 27.8 Å². The molecule has 18 heavy (non-hydrogen) atoms. The highest BCUT2D eigenvalue weighted by Gasteiger charge is 2.39. The summed E-state index contributed by atoms with van der Waals surface area (Å²) in [7, 11) is 1.20. The number of carbonyl (C=O) groups is 1. The molecule has 0 aliphatic heterocycles. The van der Waals surface area contributed by atoms with Crippen LogP contribution in [0, 0.1) is 0 Å². The van der Waals surface area contributed by atoms with E-state index in [0.717, 1.165) is 6.92 Å². The molecule has 0 fully saturated rings. The van der Waals surface area contributed by atoms with Crippen LogP contribution < -0.4 is 0 Å². The zero-order valence-electron chi connectivity index (χ0n) is 9.91. The number of halogens is 3. The summed E-state index contributed by atoms with van der Waals surface area (Å²) in [6, 6.07) is 5.17. The van der Waals surface area contributed by atoms with Gasteiger partial charge in [0.05, 0.1) is 24.7 Å². The van der Waals surface area contributed by atoms with Crippen LogP contribution in [0.1, 0.15) is 29.3 Å². The molecule has 0 amide bonds. The van der Waals surface area contributed by atoms with E-state index in [1.807, 2.05) is 0 Å². The van der Waals surface area contributed by atoms with Gasteiger partial charge < -0.3 is 9.84 Å². The second-order valence-corrected chi connectivity index (χ2v) is 4.13. The lowest BCUT2D eigenvalue weighted by Gasteiger charge is -2.25. The van der Waals surface area contributed by atoms with Crippen LogP contribution in [0.3, 0.4) is 0 Å². The van der Waals surface area contributed by atoms with Crippen LogP contribution in [0.15, 0.2) is 24.3 Å². The van der Waals surface area contributed by atoms with E-state index < -0.39 is 24.2 Å². The Morgan fingerprint density at radius 1 is 1.28 bits per heavy atom. The molecule has 0 aliphatic rings. The number of methoxy groups -OCH3 is 1. The molecule has 0 heterocycles. The highest BCUT2D eigenvalue weighted by atomic mass is 19.4. The normalized spacial score (nSPS) is 15.0. The summed E-state index contributed by atoms with van der Waals surface area (Å²) in [4.78, 5) is 11.1. The molecule has 0 aliphatic carbocycles. The predicted molar refractivity (Wildman–Crippen MR) is 58.0 cm³/mol. The minimum atomic E-state index is -4.47. The average molecular weight is 262 g/mol. The van der Waals surface area contributed by atoms with Crippen LogP contribution in [0.2, 0.25) is 0 Å². The zero-order valence-corrected chi connectivity index (χ0v) is 9.91. The molecule has 0 radical (unpaired) electrons. The summed E-state index contributed by atoms with van der Waals surface area (Å²) >= 11 is 0. The summed E-state index contributed by atoms with van der Waals surface area (Å²) in [5.41, 5.74) is -1.72. The first kappa shape index (κ1) is 14.5. The number of rotatable bonds is 3. The van der Waals surface area contributed by atoms with Crippen molar-refractivity contribution in [2.45, 2.75) is 25.1 Å². The largest absolute Gasteiger partial charge is 0.465 e. The molecule has 0 saturated heterocycles. The molecular formula is C12H13F3O3. The lowest BCUT2D eigenvalue weighted by atomic mass is 9.91. The Kier molecular flexibility index (Phi) is 4.01. The maximum atomic E-state index is 12.3. The third-order valence-corrected chi connectivity index (χ3v) is 2.47. The Bertz CT molecular complexity index is 421. The van der Waals surface area contributed by atoms with Crippen LogP contribution in [-0.4, -0.2) is 24.4 Å². The van der Waals surface area contributed by atoms with Crippen LogP contribution >= 0.6 is 0 Å². The summed E-state index contributed by atoms with van der Waals surface area (Å²) in [5, 5.41) is 9.77. The van der Waals surface area contributed by atoms with Gasteiger partial charge in [0.2, 0.25) is 0 Å². The highest BCUT2D eigenvalue weighted by molar-refractivity contribution is 5.89. The minimum absolute atomic E-state index is 0.0903. The lowest BCUT2D eigenvalue weighted by molar-refractivity contribution is -0.174. The molecule has 0 spiro atoms. The van der Waals surface area contributed by atoms with Gasteiger partial charge in [-0.3, -0.25) is 0 Å². The van der Waals surface area contributed by atoms with Gasteiger partial charge in [0.1, 0.15) is 0 Å². The molecule has 0 aromatic heterocycles. The van der Waals surface area contributed by atoms with Crippen LogP contribution in [0.25, 0.3) is 0 Å². The number of carbonyl (C=O) groups excluding carboxylic acids is 1. The van der Waals surface area contributed by atoms with Gasteiger partial charge in [0.25, 0.3) is 0 Å². The van der Waals surface area contributed by atoms with Crippen molar-refractivity contribution in [3.63, 3.8) is 0 Å². The molecule has 1 aromatic rings. The number of hydrogen-bond acceptors (Lipinski definition) is 3. The van der Waals surface area contributed by atoms with Gasteiger partial charge in [-0.1, -0.05) is 12.1 Å². The molecule has 0 bridgehead atoms. The van der Waals surface area contributed by atoms with Crippen molar-refractivity contribution in [3.05, 3.63) is 35.4 Å². The van der Waals surface area contributed by atoms with E-state index in [2.05, 4.69) is 4.74 Å². The van der Waals surface area contributed by atoms with Gasteiger partial charge in [0.15, 0.2) is 0 Å². The highest BCUT2D eigenvalue weighted by Crippen LogP contribution is 2.34. The minimum Gasteiger partial charge on any atom is -0.465 e. The number of esters is 1. The zero-order chi connectivity index (χ0) is 14.0. The number of aliphatic hydroxyl groups is 1. The molecular weight excluding hydrogens is 249 g/mol. The van der Waals surface area contributed by atoms with E-state index in [9.17, 15) is 23.1 Å². The molecule has 3 nitrogen and oxygen atoms in total. The lowest BCUT2D eigenvalue weighted by Crippen LogP contribution is -2.29. The first-order valence-corrected chi connectivity index (χ1v) is 5.14. The Morgan fingerprint density at radius 2 is 1.78 bits per heavy atom. The second-order valence-electron chi connectivity index (χ2n) is 4.13. The molecule has 1 aromatic carbocycles. The van der Waals surface area contributed by atoms with E-state index in [0.29, 0.717) is 0 Å². The molecule has 1 rings (SSSR count). The van der Waals surface area contributed by atoms with Crippen molar-refractivity contribution in [2.24, 2.45) is 0 Å². The first-order valence-electron chi connectivity index (χ1n) is 5.14. The monoisotopic (exact) mass is 262 g/mol. The Balaban J connectivity index is 2.94. The smallest absolute Gasteiger partial charge is 0.392 e. The molecule has 1 unspecified atom stereocenters. The quantitative estimate of drug-likeness (QED) is 0.852. The molecule has 1 N–H and O–H groups in total. The summed E-state index contributed by atoms with van der Waals surface area (Å²) in [6.07, 6.45) is -5.82. The SMILES string of the molecule is COC(=O)c1ccc(C(C)(O)CC(F)(F)F)cc1. The van der Waals surface area contributed by atoms with Crippen molar-refractivity contribution in [3.8, 4) is 0 Å². The first-order chi connectivity index (χ1) is 8.15. The number of benzene rings is 1. The Hall–Kier alpha value is -1.56. The Labute approximate surface area is 102 Å². The number of ether oxygens (including phenoxy) is 1. The third-order valence-electron chi connectivity index (χ3n) is 2.47. The van der Waals surface area contributed by atoms with Gasteiger partial charge >= 0.3 is 12.1 Å².